The molecule has 4 rings (SSSR count). The van der Waals surface area contributed by atoms with Crippen molar-refractivity contribution in [3.8, 4) is 5.88 Å². The minimum Gasteiger partial charge on any atom is -0.481 e. The second-order valence-electron chi connectivity index (χ2n) is 7.98. The summed E-state index contributed by atoms with van der Waals surface area (Å²) in [7, 11) is 3.73. The van der Waals surface area contributed by atoms with Crippen LogP contribution in [0.3, 0.4) is 0 Å². The molecule has 0 bridgehead atoms. The Bertz CT molecular complexity index is 843. The van der Waals surface area contributed by atoms with Crippen LogP contribution in [0, 0.1) is 5.92 Å². The molecule has 0 unspecified atom stereocenters. The number of hydrogen-bond acceptors (Lipinski definition) is 6. The van der Waals surface area contributed by atoms with Gasteiger partial charge in [0.15, 0.2) is 0 Å². The quantitative estimate of drug-likeness (QED) is 0.783. The standard InChI is InChI=1S/C21H30N6O2/c1-25-8-10-26(11-9-25)21(28)18-15-23-27-7-6-16(12-19(18)27)13-22-14-17-4-3-5-20(24-17)29-2/h3-5,15-16,22H,6-14H2,1-2H3/t16-/m1/s1. The van der Waals surface area contributed by atoms with Gasteiger partial charge in [0, 0.05) is 45.3 Å². The largest absolute Gasteiger partial charge is 0.481 e. The summed E-state index contributed by atoms with van der Waals surface area (Å²) in [5.41, 5.74) is 2.84. The van der Waals surface area contributed by atoms with E-state index >= 15 is 0 Å². The Hall–Kier alpha value is -2.45. The number of aromatic nitrogens is 3. The van der Waals surface area contributed by atoms with Gasteiger partial charge in [-0.3, -0.25) is 9.48 Å². The van der Waals surface area contributed by atoms with Crippen molar-refractivity contribution < 1.29 is 9.53 Å². The van der Waals surface area contributed by atoms with E-state index in [1.165, 1.54) is 0 Å². The van der Waals surface area contributed by atoms with Crippen molar-refractivity contribution in [2.45, 2.75) is 25.9 Å². The Balaban J connectivity index is 1.34. The average molecular weight is 399 g/mol. The van der Waals surface area contributed by atoms with Crippen LogP contribution in [0.1, 0.15) is 28.2 Å². The van der Waals surface area contributed by atoms with Crippen molar-refractivity contribution in [3.63, 3.8) is 0 Å². The van der Waals surface area contributed by atoms with Crippen LogP contribution in [0.15, 0.2) is 24.4 Å². The number of methoxy groups -OCH3 is 1. The first-order valence-corrected chi connectivity index (χ1v) is 10.4. The summed E-state index contributed by atoms with van der Waals surface area (Å²) in [6.45, 7) is 5.92. The first kappa shape index (κ1) is 19.8. The lowest BCUT2D eigenvalue weighted by molar-refractivity contribution is 0.0662. The van der Waals surface area contributed by atoms with Gasteiger partial charge in [0.2, 0.25) is 5.88 Å². The number of likely N-dealkylation sites (N-methyl/N-ethyl adjacent to an activating group) is 1. The zero-order valence-electron chi connectivity index (χ0n) is 17.3. The van der Waals surface area contributed by atoms with Crippen LogP contribution < -0.4 is 10.1 Å². The Labute approximate surface area is 171 Å². The molecule has 0 spiro atoms. The minimum atomic E-state index is 0.133. The third kappa shape index (κ3) is 4.59. The molecule has 0 aliphatic carbocycles. The fourth-order valence-electron chi connectivity index (χ4n) is 4.11. The van der Waals surface area contributed by atoms with Crippen LogP contribution >= 0.6 is 0 Å². The molecule has 0 aromatic carbocycles. The minimum absolute atomic E-state index is 0.133. The van der Waals surface area contributed by atoms with Gasteiger partial charge in [0.25, 0.3) is 5.91 Å². The predicted octanol–water partition coefficient (Wildman–Crippen LogP) is 1.03. The predicted molar refractivity (Wildman–Crippen MR) is 110 cm³/mol. The van der Waals surface area contributed by atoms with E-state index < -0.39 is 0 Å². The monoisotopic (exact) mass is 398 g/mol. The maximum absolute atomic E-state index is 13.0. The molecule has 1 fully saturated rings. The second kappa shape index (κ2) is 8.92. The molecule has 1 saturated heterocycles. The van der Waals surface area contributed by atoms with E-state index in [2.05, 4.69) is 27.3 Å². The van der Waals surface area contributed by atoms with Gasteiger partial charge in [-0.05, 0) is 38.4 Å². The topological polar surface area (TPSA) is 75.5 Å². The highest BCUT2D eigenvalue weighted by Crippen LogP contribution is 2.24. The molecule has 156 valence electrons. The molecule has 2 aliphatic heterocycles. The third-order valence-corrected chi connectivity index (χ3v) is 5.93. The molecule has 1 atom stereocenters. The van der Waals surface area contributed by atoms with Gasteiger partial charge in [-0.2, -0.15) is 5.10 Å². The SMILES string of the molecule is COc1cccc(CNC[C@@H]2CCn3ncc(C(=O)N4CCN(C)CC4)c3C2)n1. The molecule has 2 aliphatic rings. The molecule has 4 heterocycles. The van der Waals surface area contributed by atoms with Crippen LogP contribution in [-0.4, -0.2) is 77.4 Å². The summed E-state index contributed by atoms with van der Waals surface area (Å²) in [6.07, 6.45) is 3.72. The number of aryl methyl sites for hydroxylation is 1. The molecular weight excluding hydrogens is 368 g/mol. The zero-order valence-corrected chi connectivity index (χ0v) is 17.3. The highest BCUT2D eigenvalue weighted by molar-refractivity contribution is 5.95. The normalized spacial score (nSPS) is 19.8. The maximum Gasteiger partial charge on any atom is 0.257 e. The van der Waals surface area contributed by atoms with Crippen molar-refractivity contribution in [3.05, 3.63) is 41.3 Å². The number of carbonyl (C=O) groups excluding carboxylic acids is 1. The number of rotatable bonds is 6. The maximum atomic E-state index is 13.0. The molecule has 2 aromatic rings. The fraction of sp³-hybridized carbons (Fsp3) is 0.571. The molecular formula is C21H30N6O2. The zero-order chi connectivity index (χ0) is 20.2. The molecule has 1 amide bonds. The van der Waals surface area contributed by atoms with Gasteiger partial charge in [-0.1, -0.05) is 6.07 Å². The van der Waals surface area contributed by atoms with Gasteiger partial charge < -0.3 is 19.9 Å². The van der Waals surface area contributed by atoms with E-state index in [1.807, 2.05) is 27.8 Å². The van der Waals surface area contributed by atoms with E-state index in [1.54, 1.807) is 13.3 Å². The van der Waals surface area contributed by atoms with Crippen molar-refractivity contribution >= 4 is 5.91 Å². The molecule has 29 heavy (non-hydrogen) atoms. The summed E-state index contributed by atoms with van der Waals surface area (Å²) >= 11 is 0. The Morgan fingerprint density at radius 2 is 2.07 bits per heavy atom. The van der Waals surface area contributed by atoms with E-state index in [4.69, 9.17) is 4.74 Å². The molecule has 8 nitrogen and oxygen atoms in total. The molecule has 8 heteroatoms. The van der Waals surface area contributed by atoms with E-state index in [0.29, 0.717) is 18.3 Å². The lowest BCUT2D eigenvalue weighted by atomic mass is 9.94. The summed E-state index contributed by atoms with van der Waals surface area (Å²) in [4.78, 5) is 21.7. The van der Waals surface area contributed by atoms with E-state index in [9.17, 15) is 4.79 Å². The number of ether oxygens (including phenoxy) is 1. The summed E-state index contributed by atoms with van der Waals surface area (Å²) in [6, 6.07) is 5.81. The van der Waals surface area contributed by atoms with Gasteiger partial charge in [-0.15, -0.1) is 0 Å². The fourth-order valence-corrected chi connectivity index (χ4v) is 4.11. The number of carbonyl (C=O) groups is 1. The van der Waals surface area contributed by atoms with Crippen LogP contribution in [0.5, 0.6) is 5.88 Å². The number of piperazine rings is 1. The van der Waals surface area contributed by atoms with Gasteiger partial charge in [-0.25, -0.2) is 4.98 Å². The highest BCUT2D eigenvalue weighted by Gasteiger charge is 2.28. The van der Waals surface area contributed by atoms with Crippen LogP contribution in [0.2, 0.25) is 0 Å². The number of nitrogens with zero attached hydrogens (tertiary/aromatic N) is 5. The highest BCUT2D eigenvalue weighted by atomic mass is 16.5. The Kier molecular flexibility index (Phi) is 6.10. The van der Waals surface area contributed by atoms with E-state index in [-0.39, 0.29) is 5.91 Å². The van der Waals surface area contributed by atoms with Crippen LogP contribution in [0.4, 0.5) is 0 Å². The Morgan fingerprint density at radius 3 is 2.86 bits per heavy atom. The lowest BCUT2D eigenvalue weighted by Gasteiger charge is -2.32. The Morgan fingerprint density at radius 1 is 1.24 bits per heavy atom. The van der Waals surface area contributed by atoms with Crippen molar-refractivity contribution in [2.24, 2.45) is 5.92 Å². The van der Waals surface area contributed by atoms with Crippen molar-refractivity contribution in [2.75, 3.05) is 46.9 Å². The number of nitrogens with one attached hydrogen (secondary N) is 1. The average Bonchev–Trinajstić information content (AvgIpc) is 3.17. The van der Waals surface area contributed by atoms with Gasteiger partial charge in [0.1, 0.15) is 0 Å². The van der Waals surface area contributed by atoms with Gasteiger partial charge in [0.05, 0.1) is 30.3 Å². The van der Waals surface area contributed by atoms with Gasteiger partial charge >= 0.3 is 0 Å². The summed E-state index contributed by atoms with van der Waals surface area (Å²) in [5.74, 6) is 1.26. The first-order valence-electron chi connectivity index (χ1n) is 10.4. The van der Waals surface area contributed by atoms with Crippen molar-refractivity contribution in [1.82, 2.24) is 29.9 Å². The molecule has 1 N–H and O–H groups in total. The second-order valence-corrected chi connectivity index (χ2v) is 7.98. The number of hydrogen-bond donors (Lipinski definition) is 1. The smallest absolute Gasteiger partial charge is 0.257 e. The number of pyridine rings is 1. The summed E-state index contributed by atoms with van der Waals surface area (Å²) in [5, 5.41) is 8.00. The third-order valence-electron chi connectivity index (χ3n) is 5.93. The first-order chi connectivity index (χ1) is 14.1. The van der Waals surface area contributed by atoms with Crippen LogP contribution in [0.25, 0.3) is 0 Å². The lowest BCUT2D eigenvalue weighted by Crippen LogP contribution is -2.47. The van der Waals surface area contributed by atoms with Crippen LogP contribution in [-0.2, 0) is 19.5 Å². The van der Waals surface area contributed by atoms with Crippen molar-refractivity contribution in [1.29, 1.82) is 0 Å². The van der Waals surface area contributed by atoms with E-state index in [0.717, 1.165) is 69.1 Å². The molecule has 0 radical (unpaired) electrons. The molecule has 0 saturated carbocycles. The number of amides is 1. The number of fused-ring (bicyclic) bond motifs is 1. The summed E-state index contributed by atoms with van der Waals surface area (Å²) < 4.78 is 7.20. The molecule has 2 aromatic heterocycles.